The molecule has 2 aromatic rings. The maximum atomic E-state index is 11.8. The van der Waals surface area contributed by atoms with Crippen LogP contribution in [0.3, 0.4) is 0 Å². The van der Waals surface area contributed by atoms with Gasteiger partial charge in [-0.25, -0.2) is 9.03 Å². The van der Waals surface area contributed by atoms with E-state index in [0.29, 0.717) is 11.5 Å². The van der Waals surface area contributed by atoms with Crippen molar-refractivity contribution < 1.29 is 23.4 Å². The quantitative estimate of drug-likeness (QED) is 0.805. The van der Waals surface area contributed by atoms with E-state index in [1.165, 1.54) is 18.2 Å². The summed E-state index contributed by atoms with van der Waals surface area (Å²) in [6.45, 7) is 0. The summed E-state index contributed by atoms with van der Waals surface area (Å²) in [5.74, 6) is 0.113. The molecule has 2 aromatic carbocycles. The molecule has 3 rings (SSSR count). The first-order valence-electron chi connectivity index (χ1n) is 6.24. The number of aliphatic hydroxyl groups excluding tert-OH is 1. The van der Waals surface area contributed by atoms with E-state index < -0.39 is 16.1 Å². The first kappa shape index (κ1) is 14.1. The van der Waals surface area contributed by atoms with Crippen LogP contribution in [0.1, 0.15) is 0 Å². The molecule has 0 unspecified atom stereocenters. The van der Waals surface area contributed by atoms with Crippen molar-refractivity contribution >= 4 is 15.9 Å². The summed E-state index contributed by atoms with van der Waals surface area (Å²) in [7, 11) is -3.94. The first-order valence-corrected chi connectivity index (χ1v) is 7.68. The fourth-order valence-electron chi connectivity index (χ4n) is 1.96. The Labute approximate surface area is 126 Å². The molecule has 0 radical (unpaired) electrons. The summed E-state index contributed by atoms with van der Waals surface area (Å²) < 4.78 is 31.7. The van der Waals surface area contributed by atoms with Crippen LogP contribution in [0.15, 0.2) is 60.6 Å². The molecule has 3 N–H and O–H groups in total. The molecular weight excluding hydrogens is 308 g/mol. The first-order chi connectivity index (χ1) is 10.5. The number of phenols is 1. The van der Waals surface area contributed by atoms with Crippen molar-refractivity contribution in [2.24, 2.45) is 0 Å². The molecule has 0 atom stereocenters. The molecule has 7 nitrogen and oxygen atoms in total. The van der Waals surface area contributed by atoms with Gasteiger partial charge >= 0.3 is 10.2 Å². The number of aliphatic hydroxyl groups is 1. The Morgan fingerprint density at radius 1 is 1.00 bits per heavy atom. The summed E-state index contributed by atoms with van der Waals surface area (Å²) >= 11 is 0. The minimum Gasteiger partial charge on any atom is -0.506 e. The van der Waals surface area contributed by atoms with Crippen LogP contribution in [-0.2, 0) is 10.2 Å². The van der Waals surface area contributed by atoms with E-state index in [1.807, 2.05) is 10.8 Å². The number of benzene rings is 2. The monoisotopic (exact) mass is 320 g/mol. The van der Waals surface area contributed by atoms with Crippen LogP contribution in [0.4, 0.5) is 5.69 Å². The number of ether oxygens (including phenoxy) is 1. The van der Waals surface area contributed by atoms with Crippen molar-refractivity contribution in [2.45, 2.75) is 0 Å². The third-order valence-corrected chi connectivity index (χ3v) is 4.18. The second kappa shape index (κ2) is 5.15. The minimum absolute atomic E-state index is 0.00281. The normalized spacial score (nSPS) is 16.0. The van der Waals surface area contributed by atoms with Crippen molar-refractivity contribution in [1.82, 2.24) is 4.72 Å². The number of para-hydroxylation sites is 1. The predicted octanol–water partition coefficient (Wildman–Crippen LogP) is 2.20. The molecule has 1 heterocycles. The topological polar surface area (TPSA) is 99.1 Å². The lowest BCUT2D eigenvalue weighted by Gasteiger charge is -2.16. The number of phenolic OH excluding ortho intramolecular Hbond substituents is 1. The molecule has 1 aliphatic heterocycles. The zero-order valence-electron chi connectivity index (χ0n) is 11.2. The van der Waals surface area contributed by atoms with Gasteiger partial charge in [-0.1, -0.05) is 18.2 Å². The summed E-state index contributed by atoms with van der Waals surface area (Å²) in [5, 5.41) is 19.3. The smallest absolute Gasteiger partial charge is 0.330 e. The molecule has 0 bridgehead atoms. The summed E-state index contributed by atoms with van der Waals surface area (Å²) in [5.41, 5.74) is -0.00281. The Kier molecular flexibility index (Phi) is 3.30. The van der Waals surface area contributed by atoms with Gasteiger partial charge in [-0.3, -0.25) is 0 Å². The van der Waals surface area contributed by atoms with E-state index in [1.54, 1.807) is 24.3 Å². The van der Waals surface area contributed by atoms with Gasteiger partial charge in [0.2, 0.25) is 5.88 Å². The van der Waals surface area contributed by atoms with Gasteiger partial charge in [-0.2, -0.15) is 8.42 Å². The highest BCUT2D eigenvalue weighted by Gasteiger charge is 2.30. The highest BCUT2D eigenvalue weighted by atomic mass is 32.2. The Hall–Kier alpha value is -2.87. The molecule has 0 amide bonds. The molecule has 0 spiro atoms. The van der Waals surface area contributed by atoms with Gasteiger partial charge in [0.25, 0.3) is 0 Å². The number of rotatable bonds is 3. The van der Waals surface area contributed by atoms with Crippen LogP contribution in [-0.4, -0.2) is 18.6 Å². The molecule has 0 fully saturated rings. The number of anilines is 1. The maximum Gasteiger partial charge on any atom is 0.330 e. The Bertz CT molecular complexity index is 834. The third kappa shape index (κ3) is 2.63. The number of hydrogen-bond donors (Lipinski definition) is 3. The highest BCUT2D eigenvalue weighted by Crippen LogP contribution is 2.35. The van der Waals surface area contributed by atoms with Crippen LogP contribution in [0, 0.1) is 0 Å². The van der Waals surface area contributed by atoms with Gasteiger partial charge in [0.1, 0.15) is 22.9 Å². The van der Waals surface area contributed by atoms with E-state index in [0.717, 1.165) is 10.5 Å². The van der Waals surface area contributed by atoms with Crippen LogP contribution in [0.25, 0.3) is 0 Å². The van der Waals surface area contributed by atoms with Crippen molar-refractivity contribution in [2.75, 3.05) is 4.31 Å². The van der Waals surface area contributed by atoms with E-state index in [-0.39, 0.29) is 11.4 Å². The van der Waals surface area contributed by atoms with E-state index >= 15 is 0 Å². The fourth-order valence-corrected chi connectivity index (χ4v) is 3.03. The number of hydrogen-bond acceptors (Lipinski definition) is 5. The zero-order chi connectivity index (χ0) is 15.7. The van der Waals surface area contributed by atoms with Gasteiger partial charge in [0.05, 0.1) is 6.20 Å². The average molecular weight is 320 g/mol. The minimum atomic E-state index is -3.94. The average Bonchev–Trinajstić information content (AvgIpc) is 2.73. The van der Waals surface area contributed by atoms with Crippen molar-refractivity contribution in [3.8, 4) is 17.2 Å². The van der Waals surface area contributed by atoms with E-state index in [9.17, 15) is 18.6 Å². The lowest BCUT2D eigenvalue weighted by Crippen LogP contribution is -2.29. The Balaban J connectivity index is 1.90. The van der Waals surface area contributed by atoms with Gasteiger partial charge in [0.15, 0.2) is 0 Å². The summed E-state index contributed by atoms with van der Waals surface area (Å²) in [4.78, 5) is 0. The van der Waals surface area contributed by atoms with E-state index in [4.69, 9.17) is 4.74 Å². The SMILES string of the molecule is O=S1(=O)NC(O)=CN1c1ccc(Oc2ccccc2)cc1O. The third-order valence-electron chi connectivity index (χ3n) is 2.90. The van der Waals surface area contributed by atoms with Crippen LogP contribution in [0.2, 0.25) is 0 Å². The fraction of sp³-hybridized carbons (Fsp3) is 0. The van der Waals surface area contributed by atoms with Crippen LogP contribution < -0.4 is 13.8 Å². The van der Waals surface area contributed by atoms with Crippen LogP contribution in [0.5, 0.6) is 17.2 Å². The predicted molar refractivity (Wildman–Crippen MR) is 79.9 cm³/mol. The Morgan fingerprint density at radius 2 is 1.73 bits per heavy atom. The number of nitrogens with one attached hydrogen (secondary N) is 1. The molecule has 0 saturated heterocycles. The number of nitrogens with zero attached hydrogens (tertiary/aromatic N) is 1. The molecule has 8 heteroatoms. The molecule has 22 heavy (non-hydrogen) atoms. The van der Waals surface area contributed by atoms with Gasteiger partial charge < -0.3 is 14.9 Å². The molecular formula is C14H12N2O5S. The second-order valence-corrected chi connectivity index (χ2v) is 6.03. The standard InChI is InChI=1S/C14H12N2O5S/c17-13-8-11(21-10-4-2-1-3-5-10)6-7-12(13)16-9-14(18)15-22(16,19)20/h1-9,15,17-18H. The maximum absolute atomic E-state index is 11.8. The van der Waals surface area contributed by atoms with Crippen molar-refractivity contribution in [3.63, 3.8) is 0 Å². The van der Waals surface area contributed by atoms with Gasteiger partial charge in [-0.15, -0.1) is 0 Å². The molecule has 0 saturated carbocycles. The molecule has 0 aliphatic carbocycles. The van der Waals surface area contributed by atoms with Crippen molar-refractivity contribution in [1.29, 1.82) is 0 Å². The van der Waals surface area contributed by atoms with E-state index in [2.05, 4.69) is 0 Å². The highest BCUT2D eigenvalue weighted by molar-refractivity contribution is 7.91. The van der Waals surface area contributed by atoms with Crippen LogP contribution >= 0.6 is 0 Å². The number of aromatic hydroxyl groups is 1. The largest absolute Gasteiger partial charge is 0.506 e. The van der Waals surface area contributed by atoms with Crippen molar-refractivity contribution in [3.05, 3.63) is 60.6 Å². The summed E-state index contributed by atoms with van der Waals surface area (Å²) in [6, 6.07) is 13.1. The Morgan fingerprint density at radius 3 is 2.32 bits per heavy atom. The molecule has 1 aliphatic rings. The molecule has 114 valence electrons. The lowest BCUT2D eigenvalue weighted by molar-refractivity contribution is 0.392. The second-order valence-electron chi connectivity index (χ2n) is 4.48. The summed E-state index contributed by atoms with van der Waals surface area (Å²) in [6.07, 6.45) is 0.960. The van der Waals surface area contributed by atoms with Gasteiger partial charge in [-0.05, 0) is 24.3 Å². The van der Waals surface area contributed by atoms with Gasteiger partial charge in [0, 0.05) is 6.07 Å². The lowest BCUT2D eigenvalue weighted by atomic mass is 10.2. The zero-order valence-corrected chi connectivity index (χ0v) is 12.0. The molecule has 0 aromatic heterocycles.